The number of aromatic nitrogens is 3. The van der Waals surface area contributed by atoms with Crippen LogP contribution in [0.25, 0.3) is 11.5 Å². The molecule has 190 valence electrons. The number of furan rings is 1. The maximum absolute atomic E-state index is 12.8. The van der Waals surface area contributed by atoms with Gasteiger partial charge in [0.05, 0.1) is 0 Å². The fourth-order valence-electron chi connectivity index (χ4n) is 3.11. The molecular weight excluding hydrogens is 481 g/mol. The third kappa shape index (κ3) is 6.43. The van der Waals surface area contributed by atoms with Gasteiger partial charge in [0.1, 0.15) is 17.4 Å². The van der Waals surface area contributed by atoms with Crippen molar-refractivity contribution in [2.24, 2.45) is 5.92 Å². The molecule has 0 fully saturated rings. The first kappa shape index (κ1) is 26.3. The van der Waals surface area contributed by atoms with Crippen LogP contribution in [0.2, 0.25) is 0 Å². The second-order valence-corrected chi connectivity index (χ2v) is 7.97. The molecule has 1 unspecified atom stereocenters. The standard InChI is InChI=1S/C23H23F3N6O4/c1-12(2)18(21(35)27-3)32-20(34)17-5-4-16(36-17)15-10-13(6-8-28-15)11-30-19(33)14-7-9-29-22(31-14)23(24,25)26/h4-10,12,18H,11H2,1-3H3,(H,27,35)(H,30,33)(H,32,34). The van der Waals surface area contributed by atoms with E-state index in [-0.39, 0.29) is 29.9 Å². The SMILES string of the molecule is CNC(=O)C(NC(=O)c1ccc(-c2cc(CNC(=O)c3ccnc(C(F)(F)F)n3)ccn2)o1)C(C)C. The number of carbonyl (C=O) groups excluding carboxylic acids is 3. The number of halogens is 3. The minimum absolute atomic E-state index is 0.0238. The Hall–Kier alpha value is -4.29. The molecule has 0 bridgehead atoms. The van der Waals surface area contributed by atoms with Crippen molar-refractivity contribution in [1.29, 1.82) is 0 Å². The average Bonchev–Trinajstić information content (AvgIpc) is 3.35. The molecule has 1 atom stereocenters. The summed E-state index contributed by atoms with van der Waals surface area (Å²) in [5.74, 6) is -3.04. The summed E-state index contributed by atoms with van der Waals surface area (Å²) < 4.78 is 43.9. The van der Waals surface area contributed by atoms with Gasteiger partial charge >= 0.3 is 6.18 Å². The van der Waals surface area contributed by atoms with Gasteiger partial charge in [0, 0.05) is 26.0 Å². The number of pyridine rings is 1. The number of nitrogens with zero attached hydrogens (tertiary/aromatic N) is 3. The van der Waals surface area contributed by atoms with Crippen LogP contribution in [0.15, 0.2) is 47.1 Å². The molecule has 3 aromatic heterocycles. The minimum atomic E-state index is -4.77. The number of hydrogen-bond donors (Lipinski definition) is 3. The highest BCUT2D eigenvalue weighted by atomic mass is 19.4. The zero-order valence-corrected chi connectivity index (χ0v) is 19.5. The van der Waals surface area contributed by atoms with E-state index in [1.807, 2.05) is 0 Å². The molecule has 10 nitrogen and oxygen atoms in total. The van der Waals surface area contributed by atoms with E-state index in [0.29, 0.717) is 11.3 Å². The van der Waals surface area contributed by atoms with Crippen LogP contribution in [0.1, 0.15) is 46.3 Å². The van der Waals surface area contributed by atoms with Crippen LogP contribution in [-0.2, 0) is 17.5 Å². The van der Waals surface area contributed by atoms with Crippen LogP contribution in [0.5, 0.6) is 0 Å². The highest BCUT2D eigenvalue weighted by Crippen LogP contribution is 2.25. The number of rotatable bonds is 8. The van der Waals surface area contributed by atoms with Crippen LogP contribution in [0.4, 0.5) is 13.2 Å². The zero-order chi connectivity index (χ0) is 26.5. The van der Waals surface area contributed by atoms with Crippen molar-refractivity contribution < 1.29 is 32.0 Å². The van der Waals surface area contributed by atoms with Gasteiger partial charge in [-0.15, -0.1) is 0 Å². The highest BCUT2D eigenvalue weighted by molar-refractivity contribution is 5.96. The average molecular weight is 504 g/mol. The topological polar surface area (TPSA) is 139 Å². The summed E-state index contributed by atoms with van der Waals surface area (Å²) in [6.07, 6.45) is -2.46. The van der Waals surface area contributed by atoms with Crippen molar-refractivity contribution in [3.05, 3.63) is 65.6 Å². The molecule has 0 aliphatic rings. The second-order valence-electron chi connectivity index (χ2n) is 7.97. The van der Waals surface area contributed by atoms with Gasteiger partial charge < -0.3 is 20.4 Å². The van der Waals surface area contributed by atoms with Crippen LogP contribution < -0.4 is 16.0 Å². The zero-order valence-electron chi connectivity index (χ0n) is 19.5. The van der Waals surface area contributed by atoms with Gasteiger partial charge in [-0.25, -0.2) is 9.97 Å². The molecule has 13 heteroatoms. The van der Waals surface area contributed by atoms with Gasteiger partial charge in [-0.05, 0) is 41.8 Å². The Bertz CT molecular complexity index is 1260. The lowest BCUT2D eigenvalue weighted by Crippen LogP contribution is -2.48. The van der Waals surface area contributed by atoms with Crippen LogP contribution in [-0.4, -0.2) is 45.8 Å². The molecule has 3 aromatic rings. The van der Waals surface area contributed by atoms with E-state index in [1.165, 1.54) is 25.4 Å². The summed E-state index contributed by atoms with van der Waals surface area (Å²) in [5, 5.41) is 7.61. The largest absolute Gasteiger partial charge is 0.451 e. The molecule has 0 spiro atoms. The second kappa shape index (κ2) is 11.0. The molecule has 0 saturated carbocycles. The quantitative estimate of drug-likeness (QED) is 0.429. The normalized spacial score (nSPS) is 12.2. The predicted molar refractivity (Wildman–Crippen MR) is 120 cm³/mol. The van der Waals surface area contributed by atoms with Crippen molar-refractivity contribution >= 4 is 17.7 Å². The molecule has 0 saturated heterocycles. The number of nitrogens with one attached hydrogen (secondary N) is 3. The van der Waals surface area contributed by atoms with Crippen molar-refractivity contribution in [3.63, 3.8) is 0 Å². The molecular formula is C23H23F3N6O4. The van der Waals surface area contributed by atoms with E-state index in [0.717, 1.165) is 12.3 Å². The lowest BCUT2D eigenvalue weighted by molar-refractivity contribution is -0.145. The van der Waals surface area contributed by atoms with Crippen LogP contribution in [0.3, 0.4) is 0 Å². The fourth-order valence-corrected chi connectivity index (χ4v) is 3.11. The third-order valence-corrected chi connectivity index (χ3v) is 4.98. The molecule has 0 aliphatic carbocycles. The van der Waals surface area contributed by atoms with Crippen molar-refractivity contribution in [3.8, 4) is 11.5 Å². The molecule has 0 radical (unpaired) electrons. The van der Waals surface area contributed by atoms with E-state index < -0.39 is 35.6 Å². The third-order valence-electron chi connectivity index (χ3n) is 4.98. The Kier molecular flexibility index (Phi) is 8.02. The summed E-state index contributed by atoms with van der Waals surface area (Å²) >= 11 is 0. The number of amides is 3. The van der Waals surface area contributed by atoms with Gasteiger partial charge in [0.25, 0.3) is 11.8 Å². The Balaban J connectivity index is 1.68. The lowest BCUT2D eigenvalue weighted by Gasteiger charge is -2.19. The summed E-state index contributed by atoms with van der Waals surface area (Å²) in [7, 11) is 1.48. The number of likely N-dealkylation sites (N-methyl/N-ethyl adjacent to an activating group) is 1. The predicted octanol–water partition coefficient (Wildman–Crippen LogP) is 2.58. The van der Waals surface area contributed by atoms with Crippen molar-refractivity contribution in [2.45, 2.75) is 32.6 Å². The van der Waals surface area contributed by atoms with E-state index in [9.17, 15) is 27.6 Å². The van der Waals surface area contributed by atoms with Crippen LogP contribution >= 0.6 is 0 Å². The minimum Gasteiger partial charge on any atom is -0.449 e. The van der Waals surface area contributed by atoms with Gasteiger partial charge in [0.15, 0.2) is 11.5 Å². The number of hydrogen-bond acceptors (Lipinski definition) is 7. The van der Waals surface area contributed by atoms with E-state index in [4.69, 9.17) is 4.42 Å². The van der Waals surface area contributed by atoms with Gasteiger partial charge in [-0.2, -0.15) is 13.2 Å². The van der Waals surface area contributed by atoms with Gasteiger partial charge in [0.2, 0.25) is 11.7 Å². The number of alkyl halides is 3. The molecule has 0 aliphatic heterocycles. The first-order valence-corrected chi connectivity index (χ1v) is 10.8. The smallest absolute Gasteiger partial charge is 0.449 e. The molecule has 3 rings (SSSR count). The first-order valence-electron chi connectivity index (χ1n) is 10.8. The Morgan fingerprint density at radius 3 is 2.42 bits per heavy atom. The summed E-state index contributed by atoms with van der Waals surface area (Å²) in [5.41, 5.74) is 0.499. The maximum Gasteiger partial charge on any atom is 0.451 e. The van der Waals surface area contributed by atoms with Crippen molar-refractivity contribution in [2.75, 3.05) is 7.05 Å². The Morgan fingerprint density at radius 2 is 1.75 bits per heavy atom. The maximum atomic E-state index is 12.8. The van der Waals surface area contributed by atoms with Crippen LogP contribution in [0, 0.1) is 5.92 Å². The number of carbonyl (C=O) groups is 3. The van der Waals surface area contributed by atoms with E-state index >= 15 is 0 Å². The van der Waals surface area contributed by atoms with Gasteiger partial charge in [-0.3, -0.25) is 19.4 Å². The summed E-state index contributed by atoms with van der Waals surface area (Å²) in [4.78, 5) is 47.4. The Labute approximate surface area is 203 Å². The van der Waals surface area contributed by atoms with Gasteiger partial charge in [-0.1, -0.05) is 13.8 Å². The molecule has 3 amide bonds. The molecule has 0 aromatic carbocycles. The highest BCUT2D eigenvalue weighted by Gasteiger charge is 2.35. The van der Waals surface area contributed by atoms with Crippen molar-refractivity contribution in [1.82, 2.24) is 30.9 Å². The molecule has 3 heterocycles. The summed E-state index contributed by atoms with van der Waals surface area (Å²) in [6, 6.07) is 6.48. The fraction of sp³-hybridized carbons (Fsp3) is 0.304. The van der Waals surface area contributed by atoms with E-state index in [2.05, 4.69) is 30.9 Å². The van der Waals surface area contributed by atoms with E-state index in [1.54, 1.807) is 26.0 Å². The monoisotopic (exact) mass is 504 g/mol. The molecule has 3 N–H and O–H groups in total. The molecule has 36 heavy (non-hydrogen) atoms. The lowest BCUT2D eigenvalue weighted by atomic mass is 10.0. The summed E-state index contributed by atoms with van der Waals surface area (Å²) in [6.45, 7) is 3.56. The Morgan fingerprint density at radius 1 is 1.03 bits per heavy atom. The first-order chi connectivity index (χ1) is 17.0.